The Balaban J connectivity index is 1.24. The minimum absolute atomic E-state index is 0.0105. The first-order valence-electron chi connectivity index (χ1n) is 11.8. The Morgan fingerprint density at radius 2 is 1.77 bits per heavy atom. The normalized spacial score (nSPS) is 20.3. The van der Waals surface area contributed by atoms with Crippen LogP contribution in [0, 0.1) is 0 Å². The summed E-state index contributed by atoms with van der Waals surface area (Å²) < 4.78 is 40.2. The van der Waals surface area contributed by atoms with Gasteiger partial charge in [0.1, 0.15) is 5.69 Å². The van der Waals surface area contributed by atoms with Gasteiger partial charge in [-0.3, -0.25) is 4.79 Å². The van der Waals surface area contributed by atoms with E-state index in [4.69, 9.17) is 11.6 Å². The van der Waals surface area contributed by atoms with Gasteiger partial charge >= 0.3 is 6.18 Å². The van der Waals surface area contributed by atoms with E-state index in [1.54, 1.807) is 6.07 Å². The van der Waals surface area contributed by atoms with Crippen molar-refractivity contribution in [1.82, 2.24) is 15.6 Å². The van der Waals surface area contributed by atoms with Gasteiger partial charge in [-0.1, -0.05) is 17.7 Å². The molecule has 1 aliphatic heterocycles. The van der Waals surface area contributed by atoms with Gasteiger partial charge in [0.25, 0.3) is 5.91 Å². The Kier molecular flexibility index (Phi) is 6.59. The van der Waals surface area contributed by atoms with E-state index in [0.29, 0.717) is 21.7 Å². The molecule has 5 rings (SSSR count). The van der Waals surface area contributed by atoms with Crippen molar-refractivity contribution in [2.75, 3.05) is 11.9 Å². The number of anilines is 1. The van der Waals surface area contributed by atoms with E-state index in [1.165, 1.54) is 23.3 Å². The first-order chi connectivity index (χ1) is 16.8. The average molecular weight is 503 g/mol. The number of nitrogens with one attached hydrogen (secondary N) is 3. The van der Waals surface area contributed by atoms with Crippen LogP contribution < -0.4 is 16.0 Å². The summed E-state index contributed by atoms with van der Waals surface area (Å²) in [6, 6.07) is 11.6. The number of rotatable bonds is 4. The summed E-state index contributed by atoms with van der Waals surface area (Å²) in [5.74, 6) is -0.0839. The molecule has 1 saturated carbocycles. The highest BCUT2D eigenvalue weighted by molar-refractivity contribution is 6.31. The first-order valence-corrected chi connectivity index (χ1v) is 12.2. The van der Waals surface area contributed by atoms with Crippen molar-refractivity contribution < 1.29 is 18.0 Å². The zero-order valence-electron chi connectivity index (χ0n) is 19.0. The molecule has 184 valence electrons. The highest BCUT2D eigenvalue weighted by atomic mass is 35.5. The zero-order chi connectivity index (χ0) is 24.6. The number of carbonyl (C=O) groups is 1. The Hall–Kier alpha value is -2.84. The van der Waals surface area contributed by atoms with E-state index in [-0.39, 0.29) is 23.5 Å². The maximum Gasteiger partial charge on any atom is 0.433 e. The lowest BCUT2D eigenvalue weighted by Gasteiger charge is -2.31. The van der Waals surface area contributed by atoms with Gasteiger partial charge in [-0.05, 0) is 86.2 Å². The highest BCUT2D eigenvalue weighted by Gasteiger charge is 2.34. The van der Waals surface area contributed by atoms with Gasteiger partial charge in [-0.15, -0.1) is 0 Å². The molecule has 1 aliphatic carbocycles. The maximum absolute atomic E-state index is 13.4. The third-order valence-corrected chi connectivity index (χ3v) is 7.07. The van der Waals surface area contributed by atoms with Crippen LogP contribution in [-0.2, 0) is 19.1 Å². The molecule has 3 aromatic rings. The Morgan fingerprint density at radius 1 is 1.00 bits per heavy atom. The fourth-order valence-corrected chi connectivity index (χ4v) is 5.13. The standard InChI is InChI=1S/C26H26ClF3N4O/c27-18-3-8-22-21(12-18)23(13-24(34-22)26(28,29)30)32-19-4-6-20(7-5-19)33-25(35)16-2-1-15-9-10-31-14-17(15)11-16/h1-3,8,11-13,19-20,31H,4-7,9-10,14H2,(H,32,34)(H,33,35). The lowest BCUT2D eigenvalue weighted by atomic mass is 9.90. The second-order valence-corrected chi connectivity index (χ2v) is 9.73. The quantitative estimate of drug-likeness (QED) is 0.428. The van der Waals surface area contributed by atoms with Crippen molar-refractivity contribution in [3.63, 3.8) is 0 Å². The third-order valence-electron chi connectivity index (χ3n) is 6.84. The van der Waals surface area contributed by atoms with Crippen molar-refractivity contribution in [3.8, 4) is 0 Å². The number of fused-ring (bicyclic) bond motifs is 2. The van der Waals surface area contributed by atoms with Gasteiger partial charge in [0.2, 0.25) is 0 Å². The number of benzene rings is 2. The van der Waals surface area contributed by atoms with Gasteiger partial charge in [-0.2, -0.15) is 13.2 Å². The molecule has 2 aromatic carbocycles. The molecule has 1 aromatic heterocycles. The fourth-order valence-electron chi connectivity index (χ4n) is 4.96. The van der Waals surface area contributed by atoms with Crippen LogP contribution in [0.4, 0.5) is 18.9 Å². The van der Waals surface area contributed by atoms with Gasteiger partial charge in [-0.25, -0.2) is 4.98 Å². The van der Waals surface area contributed by atoms with Crippen LogP contribution in [0.2, 0.25) is 5.02 Å². The minimum atomic E-state index is -4.54. The summed E-state index contributed by atoms with van der Waals surface area (Å²) in [5, 5.41) is 10.7. The van der Waals surface area contributed by atoms with Crippen LogP contribution in [0.25, 0.3) is 10.9 Å². The van der Waals surface area contributed by atoms with E-state index in [2.05, 4.69) is 20.9 Å². The smallest absolute Gasteiger partial charge is 0.382 e. The maximum atomic E-state index is 13.4. The fraction of sp³-hybridized carbons (Fsp3) is 0.385. The number of pyridine rings is 1. The number of hydrogen-bond donors (Lipinski definition) is 3. The lowest BCUT2D eigenvalue weighted by Crippen LogP contribution is -2.40. The Bertz CT molecular complexity index is 1260. The molecule has 0 saturated heterocycles. The van der Waals surface area contributed by atoms with Crippen molar-refractivity contribution in [2.45, 2.75) is 56.9 Å². The molecule has 0 spiro atoms. The van der Waals surface area contributed by atoms with Crippen LogP contribution in [0.1, 0.15) is 52.9 Å². The first kappa shape index (κ1) is 23.9. The third kappa shape index (κ3) is 5.38. The summed E-state index contributed by atoms with van der Waals surface area (Å²) in [7, 11) is 0. The van der Waals surface area contributed by atoms with Gasteiger partial charge in [0, 0.05) is 40.3 Å². The molecule has 1 amide bonds. The molecular formula is C26H26ClF3N4O. The second-order valence-electron chi connectivity index (χ2n) is 9.29. The van der Waals surface area contributed by atoms with Crippen molar-refractivity contribution in [3.05, 3.63) is 69.9 Å². The monoisotopic (exact) mass is 502 g/mol. The minimum Gasteiger partial charge on any atom is -0.382 e. The molecule has 1 fully saturated rings. The molecule has 2 aliphatic rings. The number of carbonyl (C=O) groups excluding carboxylic acids is 1. The van der Waals surface area contributed by atoms with E-state index >= 15 is 0 Å². The van der Waals surface area contributed by atoms with Gasteiger partial charge in [0.05, 0.1) is 5.52 Å². The summed E-state index contributed by atoms with van der Waals surface area (Å²) in [4.78, 5) is 16.6. The predicted molar refractivity (Wildman–Crippen MR) is 131 cm³/mol. The molecular weight excluding hydrogens is 477 g/mol. The number of nitrogens with zero attached hydrogens (tertiary/aromatic N) is 1. The van der Waals surface area contributed by atoms with Crippen LogP contribution in [-0.4, -0.2) is 29.5 Å². The number of amides is 1. The van der Waals surface area contributed by atoms with E-state index < -0.39 is 11.9 Å². The molecule has 9 heteroatoms. The number of hydrogen-bond acceptors (Lipinski definition) is 4. The molecule has 35 heavy (non-hydrogen) atoms. The molecule has 0 atom stereocenters. The highest BCUT2D eigenvalue weighted by Crippen LogP contribution is 2.35. The van der Waals surface area contributed by atoms with Gasteiger partial charge in [0.15, 0.2) is 0 Å². The van der Waals surface area contributed by atoms with Crippen molar-refractivity contribution >= 4 is 34.1 Å². The molecule has 2 heterocycles. The number of halogens is 4. The second kappa shape index (κ2) is 9.66. The van der Waals surface area contributed by atoms with Crippen molar-refractivity contribution in [1.29, 1.82) is 0 Å². The van der Waals surface area contributed by atoms with Crippen LogP contribution >= 0.6 is 11.6 Å². The van der Waals surface area contributed by atoms with Crippen LogP contribution in [0.15, 0.2) is 42.5 Å². The zero-order valence-corrected chi connectivity index (χ0v) is 19.8. The van der Waals surface area contributed by atoms with Crippen LogP contribution in [0.3, 0.4) is 0 Å². The molecule has 0 unspecified atom stereocenters. The largest absolute Gasteiger partial charge is 0.433 e. The van der Waals surface area contributed by atoms with Crippen molar-refractivity contribution in [2.24, 2.45) is 0 Å². The Morgan fingerprint density at radius 3 is 2.54 bits per heavy atom. The number of aromatic nitrogens is 1. The SMILES string of the molecule is O=C(NC1CCC(Nc2cc(C(F)(F)F)nc3ccc(Cl)cc23)CC1)c1ccc2c(c1)CNCC2. The molecule has 5 nitrogen and oxygen atoms in total. The van der Waals surface area contributed by atoms with E-state index in [0.717, 1.165) is 51.3 Å². The van der Waals surface area contributed by atoms with E-state index in [9.17, 15) is 18.0 Å². The van der Waals surface area contributed by atoms with E-state index in [1.807, 2.05) is 18.2 Å². The molecule has 0 radical (unpaired) electrons. The predicted octanol–water partition coefficient (Wildman–Crippen LogP) is 5.71. The lowest BCUT2D eigenvalue weighted by molar-refractivity contribution is -0.140. The average Bonchev–Trinajstić information content (AvgIpc) is 2.84. The number of alkyl halides is 3. The molecule has 3 N–H and O–H groups in total. The summed E-state index contributed by atoms with van der Waals surface area (Å²) >= 11 is 6.10. The van der Waals surface area contributed by atoms with Crippen LogP contribution in [0.5, 0.6) is 0 Å². The summed E-state index contributed by atoms with van der Waals surface area (Å²) in [6.45, 7) is 1.73. The summed E-state index contributed by atoms with van der Waals surface area (Å²) in [5.41, 5.74) is 2.79. The topological polar surface area (TPSA) is 66.0 Å². The van der Waals surface area contributed by atoms with Gasteiger partial charge < -0.3 is 16.0 Å². The Labute approximate surface area is 206 Å². The summed E-state index contributed by atoms with van der Waals surface area (Å²) in [6.07, 6.45) is -0.635. The molecule has 0 bridgehead atoms.